The topological polar surface area (TPSA) is 29.5 Å². The number of rotatable bonds is 3. The normalized spacial score (nSPS) is 17.6. The molecular formula is C15H13ClNO2P. The van der Waals surface area contributed by atoms with Crippen LogP contribution in [-0.4, -0.2) is 23.0 Å². The molecule has 0 N–H and O–H groups in total. The lowest BCUT2D eigenvalue weighted by molar-refractivity contribution is 0.0853. The number of halogens is 1. The molecule has 20 heavy (non-hydrogen) atoms. The highest BCUT2D eigenvalue weighted by Gasteiger charge is 2.35. The van der Waals surface area contributed by atoms with E-state index >= 15 is 0 Å². The SMILES string of the molecule is O=C1c2ccccc2OP(c2ccccc2)N1CCCl. The van der Waals surface area contributed by atoms with E-state index in [2.05, 4.69) is 0 Å². The molecule has 1 aliphatic rings. The molecular weight excluding hydrogens is 293 g/mol. The molecule has 0 aromatic heterocycles. The smallest absolute Gasteiger partial charge is 0.263 e. The summed E-state index contributed by atoms with van der Waals surface area (Å²) in [6.07, 6.45) is 0. The highest BCUT2D eigenvalue weighted by Crippen LogP contribution is 2.47. The highest BCUT2D eigenvalue weighted by atomic mass is 35.5. The first-order valence-corrected chi connectivity index (χ1v) is 8.06. The van der Waals surface area contributed by atoms with E-state index in [0.717, 1.165) is 5.30 Å². The zero-order chi connectivity index (χ0) is 13.9. The third kappa shape index (κ3) is 2.39. The van der Waals surface area contributed by atoms with E-state index in [-0.39, 0.29) is 5.91 Å². The first kappa shape index (κ1) is 13.4. The van der Waals surface area contributed by atoms with E-state index in [1.54, 1.807) is 10.7 Å². The third-order valence-electron chi connectivity index (χ3n) is 3.03. The van der Waals surface area contributed by atoms with Crippen molar-refractivity contribution in [3.05, 3.63) is 60.2 Å². The lowest BCUT2D eigenvalue weighted by Crippen LogP contribution is -2.36. The van der Waals surface area contributed by atoms with Crippen LogP contribution in [0.15, 0.2) is 54.6 Å². The first-order valence-electron chi connectivity index (χ1n) is 6.31. The number of hydrogen-bond acceptors (Lipinski definition) is 2. The second-order valence-corrected chi connectivity index (χ2v) is 6.42. The number of fused-ring (bicyclic) bond motifs is 1. The van der Waals surface area contributed by atoms with Crippen LogP contribution in [0.1, 0.15) is 10.4 Å². The second kappa shape index (κ2) is 5.82. The van der Waals surface area contributed by atoms with Crippen molar-refractivity contribution in [1.82, 2.24) is 4.67 Å². The van der Waals surface area contributed by atoms with E-state index < -0.39 is 8.30 Å². The molecule has 0 radical (unpaired) electrons. The number of amides is 1. The summed E-state index contributed by atoms with van der Waals surface area (Å²) in [5, 5.41) is 1.01. The van der Waals surface area contributed by atoms with Gasteiger partial charge in [0.1, 0.15) is 5.75 Å². The van der Waals surface area contributed by atoms with Gasteiger partial charge in [-0.1, -0.05) is 30.3 Å². The Hall–Kier alpha value is -1.57. The predicted molar refractivity (Wildman–Crippen MR) is 81.8 cm³/mol. The minimum Gasteiger partial charge on any atom is -0.448 e. The van der Waals surface area contributed by atoms with Gasteiger partial charge >= 0.3 is 0 Å². The van der Waals surface area contributed by atoms with Gasteiger partial charge in [-0.3, -0.25) is 9.46 Å². The van der Waals surface area contributed by atoms with Crippen molar-refractivity contribution >= 4 is 31.1 Å². The molecule has 0 saturated heterocycles. The van der Waals surface area contributed by atoms with Gasteiger partial charge in [0.05, 0.1) is 5.56 Å². The molecule has 3 nitrogen and oxygen atoms in total. The summed E-state index contributed by atoms with van der Waals surface area (Å²) in [5.41, 5.74) is 0.604. The largest absolute Gasteiger partial charge is 0.448 e. The Balaban J connectivity index is 2.03. The molecule has 0 fully saturated rings. The molecule has 2 aromatic rings. The zero-order valence-corrected chi connectivity index (χ0v) is 12.3. The molecule has 0 spiro atoms. The molecule has 1 heterocycles. The van der Waals surface area contributed by atoms with Crippen LogP contribution in [0, 0.1) is 0 Å². The van der Waals surface area contributed by atoms with Crippen molar-refractivity contribution in [2.75, 3.05) is 12.4 Å². The molecule has 3 rings (SSSR count). The zero-order valence-electron chi connectivity index (χ0n) is 10.7. The van der Waals surface area contributed by atoms with Crippen LogP contribution in [0.4, 0.5) is 0 Å². The number of nitrogens with zero attached hydrogens (tertiary/aromatic N) is 1. The predicted octanol–water partition coefficient (Wildman–Crippen LogP) is 3.40. The summed E-state index contributed by atoms with van der Waals surface area (Å²) >= 11 is 5.84. The molecule has 1 unspecified atom stereocenters. The van der Waals surface area contributed by atoms with Crippen molar-refractivity contribution in [2.24, 2.45) is 0 Å². The Labute approximate surface area is 124 Å². The van der Waals surface area contributed by atoms with Crippen LogP contribution in [0.3, 0.4) is 0 Å². The van der Waals surface area contributed by atoms with Crippen molar-refractivity contribution < 1.29 is 9.32 Å². The molecule has 1 atom stereocenters. The van der Waals surface area contributed by atoms with Crippen LogP contribution >= 0.6 is 19.9 Å². The van der Waals surface area contributed by atoms with E-state index in [4.69, 9.17) is 16.1 Å². The summed E-state index contributed by atoms with van der Waals surface area (Å²) in [6.45, 7) is 0.481. The van der Waals surface area contributed by atoms with Gasteiger partial charge in [-0.05, 0) is 24.3 Å². The van der Waals surface area contributed by atoms with Gasteiger partial charge in [0.2, 0.25) is 8.30 Å². The fourth-order valence-electron chi connectivity index (χ4n) is 2.11. The maximum Gasteiger partial charge on any atom is 0.263 e. The Morgan fingerprint density at radius 1 is 1.05 bits per heavy atom. The number of carbonyl (C=O) groups is 1. The van der Waals surface area contributed by atoms with Gasteiger partial charge in [-0.2, -0.15) is 0 Å². The van der Waals surface area contributed by atoms with Crippen LogP contribution in [0.25, 0.3) is 0 Å². The quantitative estimate of drug-likeness (QED) is 0.642. The number of para-hydroxylation sites is 1. The molecule has 0 aliphatic carbocycles. The summed E-state index contributed by atoms with van der Waals surface area (Å²) in [4.78, 5) is 12.6. The van der Waals surface area contributed by atoms with Crippen molar-refractivity contribution in [2.45, 2.75) is 0 Å². The summed E-state index contributed by atoms with van der Waals surface area (Å²) in [5.74, 6) is 1.03. The molecule has 5 heteroatoms. The molecule has 0 bridgehead atoms. The Kier molecular flexibility index (Phi) is 3.90. The Bertz CT molecular complexity index is 620. The van der Waals surface area contributed by atoms with E-state index in [1.807, 2.05) is 48.5 Å². The standard InChI is InChI=1S/C15H13ClNO2P/c16-10-11-17-15(18)13-8-4-5-9-14(13)19-20(17)12-6-2-1-3-7-12/h1-9H,10-11H2. The molecule has 1 aliphatic heterocycles. The van der Waals surface area contributed by atoms with Crippen LogP contribution in [-0.2, 0) is 0 Å². The maximum absolute atomic E-state index is 12.6. The number of benzene rings is 2. The minimum atomic E-state index is -1.16. The van der Waals surface area contributed by atoms with Crippen molar-refractivity contribution in [3.63, 3.8) is 0 Å². The second-order valence-electron chi connectivity index (χ2n) is 4.31. The maximum atomic E-state index is 12.6. The van der Waals surface area contributed by atoms with E-state index in [0.29, 0.717) is 23.7 Å². The third-order valence-corrected chi connectivity index (χ3v) is 5.13. The first-order chi connectivity index (χ1) is 9.81. The number of hydrogen-bond donors (Lipinski definition) is 0. The number of alkyl halides is 1. The number of carbonyl (C=O) groups excluding carboxylic acids is 1. The van der Waals surface area contributed by atoms with Gasteiger partial charge in [0, 0.05) is 17.7 Å². The van der Waals surface area contributed by atoms with Crippen molar-refractivity contribution in [1.29, 1.82) is 0 Å². The van der Waals surface area contributed by atoms with Gasteiger partial charge in [-0.15, -0.1) is 11.6 Å². The Morgan fingerprint density at radius 3 is 2.50 bits per heavy atom. The average molecular weight is 306 g/mol. The molecule has 2 aromatic carbocycles. The summed E-state index contributed by atoms with van der Waals surface area (Å²) in [7, 11) is -1.16. The van der Waals surface area contributed by atoms with Crippen LogP contribution < -0.4 is 9.83 Å². The lowest BCUT2D eigenvalue weighted by Gasteiger charge is -2.35. The van der Waals surface area contributed by atoms with Crippen molar-refractivity contribution in [3.8, 4) is 5.75 Å². The average Bonchev–Trinajstić information content (AvgIpc) is 2.51. The van der Waals surface area contributed by atoms with E-state index in [9.17, 15) is 4.79 Å². The highest BCUT2D eigenvalue weighted by molar-refractivity contribution is 7.59. The van der Waals surface area contributed by atoms with Crippen LogP contribution in [0.2, 0.25) is 0 Å². The lowest BCUT2D eigenvalue weighted by atomic mass is 10.2. The van der Waals surface area contributed by atoms with E-state index in [1.165, 1.54) is 0 Å². The van der Waals surface area contributed by atoms with Gasteiger partial charge < -0.3 is 4.52 Å². The molecule has 1 amide bonds. The summed E-state index contributed by atoms with van der Waals surface area (Å²) in [6, 6.07) is 17.2. The van der Waals surface area contributed by atoms with Crippen LogP contribution in [0.5, 0.6) is 5.75 Å². The summed E-state index contributed by atoms with van der Waals surface area (Å²) < 4.78 is 7.80. The Morgan fingerprint density at radius 2 is 1.75 bits per heavy atom. The fourth-order valence-corrected chi connectivity index (χ4v) is 4.20. The fraction of sp³-hybridized carbons (Fsp3) is 0.133. The molecule has 0 saturated carbocycles. The monoisotopic (exact) mass is 305 g/mol. The van der Waals surface area contributed by atoms with Gasteiger partial charge in [0.25, 0.3) is 5.91 Å². The molecule has 102 valence electrons. The van der Waals surface area contributed by atoms with Gasteiger partial charge in [0.15, 0.2) is 0 Å². The minimum absolute atomic E-state index is 0.0116. The van der Waals surface area contributed by atoms with Gasteiger partial charge in [-0.25, -0.2) is 0 Å².